The number of aromatic nitrogens is 1. The number of imide groups is 1. The number of benzene rings is 1. The van der Waals surface area contributed by atoms with Crippen LogP contribution in [-0.2, 0) is 20.9 Å². The molecule has 1 saturated heterocycles. The third kappa shape index (κ3) is 3.56. The largest absolute Gasteiger partial charge is 0.319 e. The fourth-order valence-electron chi connectivity index (χ4n) is 3.98. The van der Waals surface area contributed by atoms with Gasteiger partial charge in [-0.2, -0.15) is 4.99 Å². The maximum absolute atomic E-state index is 13.9. The van der Waals surface area contributed by atoms with Gasteiger partial charge in [0.2, 0.25) is 11.8 Å². The predicted molar refractivity (Wildman–Crippen MR) is 101 cm³/mol. The monoisotopic (exact) mass is 401 g/mol. The highest BCUT2D eigenvalue weighted by molar-refractivity contribution is 7.07. The third-order valence-corrected chi connectivity index (χ3v) is 6.20. The van der Waals surface area contributed by atoms with Gasteiger partial charge >= 0.3 is 0 Å². The van der Waals surface area contributed by atoms with Crippen LogP contribution in [0.3, 0.4) is 0 Å². The number of hydrogen-bond acceptors (Lipinski definition) is 4. The summed E-state index contributed by atoms with van der Waals surface area (Å²) in [6.45, 7) is -0.0870. The zero-order valence-electron chi connectivity index (χ0n) is 15.2. The smallest absolute Gasteiger partial charge is 0.268 e. The average molecular weight is 401 g/mol. The highest BCUT2D eigenvalue weighted by Crippen LogP contribution is 2.37. The number of fused-ring (bicyclic) bond motifs is 1. The fraction of sp³-hybridized carbons (Fsp3) is 0.400. The lowest BCUT2D eigenvalue weighted by Gasteiger charge is -2.19. The first-order chi connectivity index (χ1) is 13.5. The van der Waals surface area contributed by atoms with Crippen molar-refractivity contribution in [1.82, 2.24) is 9.47 Å². The van der Waals surface area contributed by atoms with E-state index in [9.17, 15) is 18.8 Å². The van der Waals surface area contributed by atoms with Crippen molar-refractivity contribution < 1.29 is 18.8 Å². The molecule has 3 amide bonds. The Labute approximate surface area is 165 Å². The summed E-state index contributed by atoms with van der Waals surface area (Å²) in [5.74, 6) is -1.92. The second-order valence-electron chi connectivity index (χ2n) is 7.17. The molecule has 2 heterocycles. The van der Waals surface area contributed by atoms with Gasteiger partial charge in [-0.1, -0.05) is 31.0 Å². The Hall–Kier alpha value is -2.61. The number of halogens is 1. The van der Waals surface area contributed by atoms with E-state index in [0.29, 0.717) is 23.2 Å². The highest BCUT2D eigenvalue weighted by atomic mass is 32.1. The molecule has 0 bridgehead atoms. The Balaban J connectivity index is 1.50. The minimum atomic E-state index is -0.551. The normalized spacial score (nSPS) is 22.6. The van der Waals surface area contributed by atoms with E-state index in [1.807, 2.05) is 0 Å². The van der Waals surface area contributed by atoms with Gasteiger partial charge in [0.05, 0.1) is 18.4 Å². The van der Waals surface area contributed by atoms with E-state index >= 15 is 0 Å². The van der Waals surface area contributed by atoms with Gasteiger partial charge in [-0.25, -0.2) is 4.39 Å². The number of carbonyl (C=O) groups is 3. The molecular weight excluding hydrogens is 381 g/mol. The molecule has 0 spiro atoms. The molecule has 146 valence electrons. The van der Waals surface area contributed by atoms with Crippen molar-refractivity contribution in [1.29, 1.82) is 0 Å². The molecule has 1 aromatic heterocycles. The molecule has 2 aromatic rings. The van der Waals surface area contributed by atoms with E-state index in [-0.39, 0.29) is 42.6 Å². The minimum absolute atomic E-state index is 0.244. The van der Waals surface area contributed by atoms with Gasteiger partial charge < -0.3 is 4.57 Å². The number of carbonyl (C=O) groups excluding carboxylic acids is 3. The molecule has 0 radical (unpaired) electrons. The lowest BCUT2D eigenvalue weighted by molar-refractivity contribution is -0.143. The summed E-state index contributed by atoms with van der Waals surface area (Å²) < 4.78 is 15.6. The molecule has 1 aromatic carbocycles. The van der Waals surface area contributed by atoms with Crippen molar-refractivity contribution in [3.63, 3.8) is 0 Å². The van der Waals surface area contributed by atoms with Gasteiger partial charge in [0.25, 0.3) is 5.91 Å². The summed E-state index contributed by atoms with van der Waals surface area (Å²) in [5.41, 5.74) is 0.490. The molecule has 1 aliphatic heterocycles. The van der Waals surface area contributed by atoms with Crippen LogP contribution in [0.25, 0.3) is 0 Å². The van der Waals surface area contributed by atoms with Gasteiger partial charge in [-0.3, -0.25) is 19.3 Å². The molecule has 2 aliphatic rings. The van der Waals surface area contributed by atoms with Crippen LogP contribution < -0.4 is 4.80 Å². The van der Waals surface area contributed by atoms with Gasteiger partial charge in [-0.15, -0.1) is 11.3 Å². The summed E-state index contributed by atoms with van der Waals surface area (Å²) >= 11 is 1.25. The van der Waals surface area contributed by atoms with E-state index in [1.54, 1.807) is 34.3 Å². The second kappa shape index (κ2) is 7.79. The standard InChI is InChI=1S/C20H20FN3O3S/c21-16-8-4-1-5-13(16)11-23-9-10-28-20(23)22-17(25)12-24-18(26)14-6-2-3-7-15(14)19(24)27/h1,4-5,8-10,14-15H,2-3,6-7,11-12H2. The van der Waals surface area contributed by atoms with Crippen molar-refractivity contribution in [3.05, 3.63) is 52.0 Å². The molecule has 4 rings (SSSR count). The first-order valence-corrected chi connectivity index (χ1v) is 10.2. The summed E-state index contributed by atoms with van der Waals surface area (Å²) in [5, 5.41) is 1.76. The van der Waals surface area contributed by atoms with E-state index in [2.05, 4.69) is 4.99 Å². The van der Waals surface area contributed by atoms with Gasteiger partial charge in [-0.05, 0) is 18.9 Å². The van der Waals surface area contributed by atoms with Crippen molar-refractivity contribution in [2.24, 2.45) is 16.8 Å². The van der Waals surface area contributed by atoms with Crippen molar-refractivity contribution >= 4 is 29.1 Å². The van der Waals surface area contributed by atoms with Crippen molar-refractivity contribution in [2.75, 3.05) is 6.54 Å². The maximum atomic E-state index is 13.9. The molecule has 2 unspecified atom stereocenters. The number of thiazole rings is 1. The van der Waals surface area contributed by atoms with Crippen LogP contribution in [0.4, 0.5) is 4.39 Å². The summed E-state index contributed by atoms with van der Waals surface area (Å²) in [7, 11) is 0. The number of nitrogens with zero attached hydrogens (tertiary/aromatic N) is 3. The Kier molecular flexibility index (Phi) is 5.21. The van der Waals surface area contributed by atoms with Gasteiger partial charge in [0.15, 0.2) is 4.80 Å². The number of hydrogen-bond donors (Lipinski definition) is 0. The number of amides is 3. The lowest BCUT2D eigenvalue weighted by atomic mass is 9.81. The van der Waals surface area contributed by atoms with Crippen molar-refractivity contribution in [2.45, 2.75) is 32.2 Å². The van der Waals surface area contributed by atoms with Crippen LogP contribution in [0.15, 0.2) is 40.8 Å². The minimum Gasteiger partial charge on any atom is -0.319 e. The third-order valence-electron chi connectivity index (χ3n) is 5.40. The maximum Gasteiger partial charge on any atom is 0.268 e. The Bertz CT molecular complexity index is 972. The van der Waals surface area contributed by atoms with E-state index in [1.165, 1.54) is 17.4 Å². The Morgan fingerprint density at radius 3 is 2.50 bits per heavy atom. The fourth-order valence-corrected chi connectivity index (χ4v) is 4.73. The molecule has 6 nitrogen and oxygen atoms in total. The number of likely N-dealkylation sites (tertiary alicyclic amines) is 1. The molecule has 2 fully saturated rings. The molecule has 0 N–H and O–H groups in total. The van der Waals surface area contributed by atoms with Crippen LogP contribution in [-0.4, -0.2) is 33.7 Å². The SMILES string of the molecule is O=C(CN1C(=O)C2CCCCC2C1=O)N=c1sccn1Cc1ccccc1F. The molecule has 28 heavy (non-hydrogen) atoms. The van der Waals surface area contributed by atoms with E-state index < -0.39 is 5.91 Å². The van der Waals surface area contributed by atoms with Crippen LogP contribution in [0.2, 0.25) is 0 Å². The molecule has 8 heteroatoms. The number of rotatable bonds is 4. The first kappa shape index (κ1) is 18.7. The topological polar surface area (TPSA) is 71.7 Å². The van der Waals surface area contributed by atoms with E-state index in [4.69, 9.17) is 0 Å². The van der Waals surface area contributed by atoms with Crippen LogP contribution in [0, 0.1) is 17.7 Å². The highest BCUT2D eigenvalue weighted by Gasteiger charge is 2.48. The lowest BCUT2D eigenvalue weighted by Crippen LogP contribution is -2.36. The van der Waals surface area contributed by atoms with Crippen LogP contribution in [0.5, 0.6) is 0 Å². The molecular formula is C20H20FN3O3S. The summed E-state index contributed by atoms with van der Waals surface area (Å²) in [4.78, 5) is 43.0. The van der Waals surface area contributed by atoms with Crippen LogP contribution in [0.1, 0.15) is 31.2 Å². The first-order valence-electron chi connectivity index (χ1n) is 9.34. The van der Waals surface area contributed by atoms with Gasteiger partial charge in [0.1, 0.15) is 12.4 Å². The Morgan fingerprint density at radius 1 is 1.14 bits per heavy atom. The van der Waals surface area contributed by atoms with Crippen LogP contribution >= 0.6 is 11.3 Å². The molecule has 1 saturated carbocycles. The zero-order chi connectivity index (χ0) is 19.7. The van der Waals surface area contributed by atoms with Gasteiger partial charge in [0, 0.05) is 17.1 Å². The predicted octanol–water partition coefficient (Wildman–Crippen LogP) is 2.34. The second-order valence-corrected chi connectivity index (χ2v) is 8.04. The van der Waals surface area contributed by atoms with Crippen molar-refractivity contribution in [3.8, 4) is 0 Å². The average Bonchev–Trinajstić information content (AvgIpc) is 3.22. The molecule has 1 aliphatic carbocycles. The summed E-state index contributed by atoms with van der Waals surface area (Å²) in [6.07, 6.45) is 5.04. The quantitative estimate of drug-likeness (QED) is 0.739. The molecule has 2 atom stereocenters. The summed E-state index contributed by atoms with van der Waals surface area (Å²) in [6, 6.07) is 6.42. The Morgan fingerprint density at radius 2 is 1.82 bits per heavy atom. The zero-order valence-corrected chi connectivity index (χ0v) is 16.0. The van der Waals surface area contributed by atoms with E-state index in [0.717, 1.165) is 17.7 Å².